The van der Waals surface area contributed by atoms with Crippen molar-refractivity contribution in [3.05, 3.63) is 132 Å². The summed E-state index contributed by atoms with van der Waals surface area (Å²) in [6, 6.07) is 33.9. The Morgan fingerprint density at radius 1 is 0.786 bits per heavy atom. The molecule has 2 aliphatic rings. The van der Waals surface area contributed by atoms with E-state index in [1.807, 2.05) is 95.9 Å². The van der Waals surface area contributed by atoms with Crippen molar-refractivity contribution in [3.63, 3.8) is 0 Å². The van der Waals surface area contributed by atoms with Gasteiger partial charge in [-0.25, -0.2) is 9.98 Å². The minimum atomic E-state index is -1.14. The Morgan fingerprint density at radius 3 is 2.12 bits per heavy atom. The van der Waals surface area contributed by atoms with Crippen LogP contribution in [0.4, 0.5) is 0 Å². The lowest BCUT2D eigenvalue weighted by molar-refractivity contribution is -0.130. The van der Waals surface area contributed by atoms with E-state index in [1.54, 1.807) is 6.20 Å². The van der Waals surface area contributed by atoms with Gasteiger partial charge in [0.1, 0.15) is 11.5 Å². The maximum Gasteiger partial charge on any atom is 0.265 e. The molecule has 0 atom stereocenters. The van der Waals surface area contributed by atoms with Crippen LogP contribution >= 0.6 is 0 Å². The minimum Gasteiger partial charge on any atom is -0.342 e. The van der Waals surface area contributed by atoms with E-state index in [-0.39, 0.29) is 5.91 Å². The highest BCUT2D eigenvalue weighted by atomic mass is 16.2. The molecule has 0 bridgehead atoms. The van der Waals surface area contributed by atoms with Crippen LogP contribution in [0.15, 0.2) is 114 Å². The molecule has 1 fully saturated rings. The Balaban J connectivity index is 1.09. The molecule has 5 aromatic rings. The second kappa shape index (κ2) is 11.3. The van der Waals surface area contributed by atoms with Gasteiger partial charge in [-0.05, 0) is 74.3 Å². The molecule has 7 heteroatoms. The van der Waals surface area contributed by atoms with Crippen LogP contribution in [-0.4, -0.2) is 62.7 Å². The molecular formula is C35H34N6O. The first-order valence-corrected chi connectivity index (χ1v) is 14.8. The summed E-state index contributed by atoms with van der Waals surface area (Å²) in [5.74, 6) is 2.17. The summed E-state index contributed by atoms with van der Waals surface area (Å²) >= 11 is 0. The molecule has 0 spiro atoms. The van der Waals surface area contributed by atoms with Crippen molar-refractivity contribution >= 4 is 22.8 Å². The van der Waals surface area contributed by atoms with Crippen molar-refractivity contribution in [2.75, 3.05) is 26.2 Å². The summed E-state index contributed by atoms with van der Waals surface area (Å²) in [4.78, 5) is 37.1. The van der Waals surface area contributed by atoms with Crippen LogP contribution in [0.1, 0.15) is 47.8 Å². The topological polar surface area (TPSA) is 77.5 Å². The van der Waals surface area contributed by atoms with Crippen molar-refractivity contribution in [2.45, 2.75) is 30.7 Å². The van der Waals surface area contributed by atoms with Gasteiger partial charge in [-0.2, -0.15) is 0 Å². The van der Waals surface area contributed by atoms with E-state index < -0.39 is 5.54 Å². The number of pyridine rings is 1. The van der Waals surface area contributed by atoms with Crippen LogP contribution in [-0.2, 0) is 10.3 Å². The summed E-state index contributed by atoms with van der Waals surface area (Å²) in [7, 11) is 0. The Hall–Kier alpha value is -4.62. The van der Waals surface area contributed by atoms with Crippen LogP contribution in [0, 0.1) is 0 Å². The van der Waals surface area contributed by atoms with Gasteiger partial charge in [-0.1, -0.05) is 78.9 Å². The van der Waals surface area contributed by atoms with Gasteiger partial charge in [-0.15, -0.1) is 0 Å². The molecule has 3 aromatic carbocycles. The number of hydrogen-bond acceptors (Lipinski definition) is 5. The zero-order valence-electron chi connectivity index (χ0n) is 23.6. The average molecular weight is 555 g/mol. The molecule has 2 aromatic heterocycles. The number of carbonyl (C=O) groups excluding carboxylic acids is 1. The summed E-state index contributed by atoms with van der Waals surface area (Å²) < 4.78 is 0. The number of imidazole rings is 1. The molecule has 210 valence electrons. The Morgan fingerprint density at radius 2 is 1.45 bits per heavy atom. The van der Waals surface area contributed by atoms with E-state index in [2.05, 4.69) is 27.0 Å². The summed E-state index contributed by atoms with van der Waals surface area (Å²) in [5, 5.41) is 0. The standard InChI is InChI=1S/C35H34N6O/c42-34-35(27-12-3-1-4-13-27,28-14-5-2-6-15-28)39-33(31-18-9-10-21-36-31)41(34)23-11-22-40-24-19-26(20-25-40)32-37-29-16-7-8-17-30(29)38-32/h1-10,12-18,21,26H,11,19-20,22-25H2,(H,37,38). The second-order valence-corrected chi connectivity index (χ2v) is 11.2. The maximum absolute atomic E-state index is 14.5. The van der Waals surface area contributed by atoms with Gasteiger partial charge in [0.15, 0.2) is 11.4 Å². The van der Waals surface area contributed by atoms with Crippen molar-refractivity contribution in [2.24, 2.45) is 4.99 Å². The monoisotopic (exact) mass is 554 g/mol. The molecular weight excluding hydrogens is 520 g/mol. The number of aromatic amines is 1. The molecule has 1 N–H and O–H groups in total. The third-order valence-electron chi connectivity index (χ3n) is 8.60. The van der Waals surface area contributed by atoms with Gasteiger partial charge >= 0.3 is 0 Å². The number of likely N-dealkylation sites (tertiary alicyclic amines) is 1. The molecule has 0 unspecified atom stereocenters. The van der Waals surface area contributed by atoms with Crippen LogP contribution in [0.5, 0.6) is 0 Å². The predicted octanol–water partition coefficient (Wildman–Crippen LogP) is 5.76. The maximum atomic E-state index is 14.5. The van der Waals surface area contributed by atoms with E-state index in [4.69, 9.17) is 9.98 Å². The average Bonchev–Trinajstić information content (AvgIpc) is 3.62. The van der Waals surface area contributed by atoms with Crippen molar-refractivity contribution < 1.29 is 4.79 Å². The second-order valence-electron chi connectivity index (χ2n) is 11.2. The first kappa shape index (κ1) is 26.3. The predicted molar refractivity (Wildman–Crippen MR) is 165 cm³/mol. The van der Waals surface area contributed by atoms with Gasteiger partial charge in [0.2, 0.25) is 0 Å². The molecule has 7 rings (SSSR count). The number of benzene rings is 3. The number of aliphatic imine (C=N–C) groups is 1. The highest BCUT2D eigenvalue weighted by molar-refractivity contribution is 6.16. The number of hydrogen-bond donors (Lipinski definition) is 1. The summed E-state index contributed by atoms with van der Waals surface area (Å²) in [6.07, 6.45) is 4.77. The molecule has 0 saturated carbocycles. The normalized spacial score (nSPS) is 17.6. The van der Waals surface area contributed by atoms with Gasteiger partial charge in [-0.3, -0.25) is 14.7 Å². The zero-order chi connectivity index (χ0) is 28.4. The molecule has 7 nitrogen and oxygen atoms in total. The van der Waals surface area contributed by atoms with Gasteiger partial charge in [0.25, 0.3) is 5.91 Å². The minimum absolute atomic E-state index is 0.0239. The smallest absolute Gasteiger partial charge is 0.265 e. The number of nitrogens with one attached hydrogen (secondary N) is 1. The lowest BCUT2D eigenvalue weighted by atomic mass is 9.83. The van der Waals surface area contributed by atoms with E-state index >= 15 is 0 Å². The van der Waals surface area contributed by atoms with E-state index in [9.17, 15) is 4.79 Å². The lowest BCUT2D eigenvalue weighted by Gasteiger charge is -2.32. The number of piperidine rings is 1. The van der Waals surface area contributed by atoms with Crippen LogP contribution in [0.3, 0.4) is 0 Å². The van der Waals surface area contributed by atoms with Gasteiger partial charge < -0.3 is 9.88 Å². The van der Waals surface area contributed by atoms with Gasteiger partial charge in [0, 0.05) is 18.7 Å². The first-order chi connectivity index (χ1) is 20.7. The fraction of sp³-hybridized carbons (Fsp3) is 0.257. The number of fused-ring (bicyclic) bond motifs is 1. The third-order valence-corrected chi connectivity index (χ3v) is 8.60. The van der Waals surface area contributed by atoms with Crippen molar-refractivity contribution in [1.29, 1.82) is 0 Å². The quantitative estimate of drug-likeness (QED) is 0.265. The number of amidine groups is 1. The molecule has 0 radical (unpaired) electrons. The highest BCUT2D eigenvalue weighted by Gasteiger charge is 2.51. The third kappa shape index (κ3) is 4.80. The number of amides is 1. The summed E-state index contributed by atoms with van der Waals surface area (Å²) in [6.45, 7) is 3.55. The van der Waals surface area contributed by atoms with E-state index in [0.717, 1.165) is 66.9 Å². The number of aromatic nitrogens is 3. The zero-order valence-corrected chi connectivity index (χ0v) is 23.6. The number of para-hydroxylation sites is 2. The molecule has 1 amide bonds. The number of H-pyrrole nitrogens is 1. The van der Waals surface area contributed by atoms with Crippen LogP contribution < -0.4 is 0 Å². The van der Waals surface area contributed by atoms with E-state index in [0.29, 0.717) is 24.0 Å². The van der Waals surface area contributed by atoms with Gasteiger partial charge in [0.05, 0.1) is 11.0 Å². The largest absolute Gasteiger partial charge is 0.342 e. The van der Waals surface area contributed by atoms with Crippen LogP contribution in [0.2, 0.25) is 0 Å². The highest BCUT2D eigenvalue weighted by Crippen LogP contribution is 2.41. The fourth-order valence-corrected chi connectivity index (χ4v) is 6.41. The Kier molecular flexibility index (Phi) is 7.10. The number of rotatable bonds is 8. The fourth-order valence-electron chi connectivity index (χ4n) is 6.41. The number of nitrogens with zero attached hydrogens (tertiary/aromatic N) is 5. The van der Waals surface area contributed by atoms with Crippen molar-refractivity contribution in [1.82, 2.24) is 24.8 Å². The molecule has 0 aliphatic carbocycles. The molecule has 4 heterocycles. The Labute approximate surface area is 246 Å². The molecule has 1 saturated heterocycles. The molecule has 2 aliphatic heterocycles. The SMILES string of the molecule is O=C1N(CCCN2CCC(c3nc4ccccc4[nH]3)CC2)C(c2ccccn2)=NC1(c1ccccc1)c1ccccc1. The Bertz CT molecular complexity index is 1620. The lowest BCUT2D eigenvalue weighted by Crippen LogP contribution is -2.43. The number of carbonyl (C=O) groups is 1. The first-order valence-electron chi connectivity index (χ1n) is 14.8. The summed E-state index contributed by atoms with van der Waals surface area (Å²) in [5.41, 5.74) is 3.46. The van der Waals surface area contributed by atoms with E-state index in [1.165, 1.54) is 0 Å². The van der Waals surface area contributed by atoms with Crippen molar-refractivity contribution in [3.8, 4) is 0 Å². The molecule has 42 heavy (non-hydrogen) atoms. The van der Waals surface area contributed by atoms with Crippen LogP contribution in [0.25, 0.3) is 11.0 Å².